The Kier molecular flexibility index (Phi) is 18.8. The van der Waals surface area contributed by atoms with E-state index in [0.29, 0.717) is 13.0 Å². The van der Waals surface area contributed by atoms with Gasteiger partial charge in [-0.05, 0) is 26.7 Å². The molecule has 0 fully saturated rings. The van der Waals surface area contributed by atoms with Crippen LogP contribution < -0.4 is 0 Å². The van der Waals surface area contributed by atoms with Crippen LogP contribution in [0.1, 0.15) is 124 Å². The second-order valence-electron chi connectivity index (χ2n) is 7.89. The number of unbranched alkanes of at least 4 members (excludes halogenated alkanes) is 12. The molecule has 0 amide bonds. The van der Waals surface area contributed by atoms with Gasteiger partial charge in [-0.25, -0.2) is 0 Å². The Balaban J connectivity index is 3.37. The van der Waals surface area contributed by atoms with E-state index in [9.17, 15) is 4.79 Å². The Morgan fingerprint density at radius 2 is 1.19 bits per heavy atom. The number of hydrogen-bond acceptors (Lipinski definition) is 3. The van der Waals surface area contributed by atoms with Crippen LogP contribution in [-0.4, -0.2) is 24.8 Å². The van der Waals surface area contributed by atoms with Crippen molar-refractivity contribution in [2.45, 2.75) is 136 Å². The van der Waals surface area contributed by atoms with Gasteiger partial charge >= 0.3 is 5.97 Å². The van der Waals surface area contributed by atoms with E-state index in [-0.39, 0.29) is 18.2 Å². The van der Waals surface area contributed by atoms with Crippen molar-refractivity contribution in [1.29, 1.82) is 0 Å². The van der Waals surface area contributed by atoms with E-state index in [1.54, 1.807) is 0 Å². The first-order valence-electron chi connectivity index (χ1n) is 11.4. The van der Waals surface area contributed by atoms with Gasteiger partial charge in [0.25, 0.3) is 0 Å². The fourth-order valence-electron chi connectivity index (χ4n) is 3.07. The molecule has 156 valence electrons. The number of hydrogen-bond donors (Lipinski definition) is 0. The zero-order valence-electron chi connectivity index (χ0n) is 18.2. The van der Waals surface area contributed by atoms with Gasteiger partial charge in [0, 0.05) is 6.42 Å². The second-order valence-corrected chi connectivity index (χ2v) is 7.89. The summed E-state index contributed by atoms with van der Waals surface area (Å²) in [6.45, 7) is 8.82. The first kappa shape index (κ1) is 25.4. The molecule has 0 N–H and O–H groups in total. The third-order valence-corrected chi connectivity index (χ3v) is 4.85. The summed E-state index contributed by atoms with van der Waals surface area (Å²) in [6.07, 6.45) is 18.7. The third-order valence-electron chi connectivity index (χ3n) is 4.85. The van der Waals surface area contributed by atoms with E-state index in [2.05, 4.69) is 6.92 Å². The van der Waals surface area contributed by atoms with E-state index < -0.39 is 0 Å². The number of ether oxygens (including phenoxy) is 2. The van der Waals surface area contributed by atoms with Crippen molar-refractivity contribution in [3.8, 4) is 0 Å². The minimum absolute atomic E-state index is 0.0627. The highest BCUT2D eigenvalue weighted by Crippen LogP contribution is 2.13. The van der Waals surface area contributed by atoms with Crippen molar-refractivity contribution in [2.24, 2.45) is 0 Å². The summed E-state index contributed by atoms with van der Waals surface area (Å²) in [5, 5.41) is 0. The minimum Gasteiger partial charge on any atom is -0.460 e. The predicted molar refractivity (Wildman–Crippen MR) is 112 cm³/mol. The summed E-state index contributed by atoms with van der Waals surface area (Å²) in [7, 11) is 0. The van der Waals surface area contributed by atoms with Crippen LogP contribution in [0.3, 0.4) is 0 Å². The van der Waals surface area contributed by atoms with Gasteiger partial charge in [-0.2, -0.15) is 0 Å². The lowest BCUT2D eigenvalue weighted by Crippen LogP contribution is -2.24. The third kappa shape index (κ3) is 18.2. The van der Waals surface area contributed by atoms with Gasteiger partial charge in [0.05, 0.1) is 12.7 Å². The van der Waals surface area contributed by atoms with Crippen LogP contribution in [0, 0.1) is 0 Å². The monoisotopic (exact) mass is 370 g/mol. The van der Waals surface area contributed by atoms with Crippen molar-refractivity contribution in [2.75, 3.05) is 6.61 Å². The quantitative estimate of drug-likeness (QED) is 0.178. The molecule has 0 radical (unpaired) electrons. The molecule has 26 heavy (non-hydrogen) atoms. The highest BCUT2D eigenvalue weighted by atomic mass is 16.6. The molecule has 0 heterocycles. The summed E-state index contributed by atoms with van der Waals surface area (Å²) >= 11 is 0. The molecule has 0 saturated heterocycles. The molecule has 0 rings (SSSR count). The highest BCUT2D eigenvalue weighted by molar-refractivity contribution is 5.69. The molecule has 3 nitrogen and oxygen atoms in total. The van der Waals surface area contributed by atoms with Crippen LogP contribution in [0.2, 0.25) is 0 Å². The highest BCUT2D eigenvalue weighted by Gasteiger charge is 2.13. The molecule has 0 spiro atoms. The number of rotatable bonds is 19. The molecule has 1 atom stereocenters. The van der Waals surface area contributed by atoms with Crippen molar-refractivity contribution < 1.29 is 14.3 Å². The average molecular weight is 371 g/mol. The molecule has 1 unspecified atom stereocenters. The van der Waals surface area contributed by atoms with Crippen LogP contribution in [-0.2, 0) is 14.3 Å². The van der Waals surface area contributed by atoms with E-state index in [1.165, 1.54) is 70.6 Å². The van der Waals surface area contributed by atoms with Crippen LogP contribution in [0.4, 0.5) is 0 Å². The topological polar surface area (TPSA) is 35.5 Å². The van der Waals surface area contributed by atoms with E-state index in [1.807, 2.05) is 20.8 Å². The molecular formula is C23H46O3. The lowest BCUT2D eigenvalue weighted by Gasteiger charge is -2.17. The first-order valence-corrected chi connectivity index (χ1v) is 11.4. The molecule has 3 heteroatoms. The van der Waals surface area contributed by atoms with Crippen molar-refractivity contribution in [3.05, 3.63) is 0 Å². The first-order chi connectivity index (χ1) is 12.6. The molecule has 0 aliphatic carbocycles. The molecule has 0 aromatic heterocycles. The van der Waals surface area contributed by atoms with E-state index >= 15 is 0 Å². The Morgan fingerprint density at radius 3 is 1.62 bits per heavy atom. The molecule has 0 aliphatic rings. The second kappa shape index (κ2) is 19.2. The summed E-state index contributed by atoms with van der Waals surface area (Å²) in [4.78, 5) is 11.9. The van der Waals surface area contributed by atoms with Gasteiger partial charge in [0.15, 0.2) is 0 Å². The van der Waals surface area contributed by atoms with Gasteiger partial charge in [0.1, 0.15) is 6.10 Å². The maximum atomic E-state index is 11.9. The van der Waals surface area contributed by atoms with Crippen LogP contribution in [0.5, 0.6) is 0 Å². The van der Waals surface area contributed by atoms with Crippen LogP contribution in [0.15, 0.2) is 0 Å². The van der Waals surface area contributed by atoms with Gasteiger partial charge in [0.2, 0.25) is 0 Å². The Bertz CT molecular complexity index is 302. The summed E-state index contributed by atoms with van der Waals surface area (Å²) in [5.41, 5.74) is 0. The summed E-state index contributed by atoms with van der Waals surface area (Å²) in [5.74, 6) is -0.0627. The molecule has 0 aliphatic heterocycles. The van der Waals surface area contributed by atoms with Gasteiger partial charge in [-0.1, -0.05) is 90.9 Å². The minimum atomic E-state index is -0.0909. The molecule has 0 saturated carbocycles. The lowest BCUT2D eigenvalue weighted by molar-refractivity contribution is -0.153. The largest absolute Gasteiger partial charge is 0.460 e. The number of esters is 1. The molecule has 0 aromatic carbocycles. The Labute approximate surface area is 163 Å². The summed E-state index contributed by atoms with van der Waals surface area (Å²) < 4.78 is 11.0. The van der Waals surface area contributed by atoms with Crippen molar-refractivity contribution in [3.63, 3.8) is 0 Å². The van der Waals surface area contributed by atoms with E-state index in [0.717, 1.165) is 19.3 Å². The van der Waals surface area contributed by atoms with Gasteiger partial charge in [-0.15, -0.1) is 0 Å². The lowest BCUT2D eigenvalue weighted by atomic mass is 10.0. The standard InChI is InChI=1S/C23H46O3/c1-5-7-8-9-10-11-12-13-14-15-16-17-18-19-23(24)26-22(6-2)20-25-21(3)4/h21-22H,5-20H2,1-4H3. The van der Waals surface area contributed by atoms with Gasteiger partial charge < -0.3 is 9.47 Å². The number of carbonyl (C=O) groups is 1. The summed E-state index contributed by atoms with van der Waals surface area (Å²) in [6, 6.07) is 0. The molecule has 0 bridgehead atoms. The zero-order valence-corrected chi connectivity index (χ0v) is 18.2. The molecule has 0 aromatic rings. The van der Waals surface area contributed by atoms with Crippen LogP contribution in [0.25, 0.3) is 0 Å². The van der Waals surface area contributed by atoms with E-state index in [4.69, 9.17) is 9.47 Å². The predicted octanol–water partition coefficient (Wildman–Crippen LogP) is 7.21. The normalized spacial score (nSPS) is 12.5. The Morgan fingerprint density at radius 1 is 0.731 bits per heavy atom. The number of carbonyl (C=O) groups excluding carboxylic acids is 1. The van der Waals surface area contributed by atoms with Gasteiger partial charge in [-0.3, -0.25) is 4.79 Å². The van der Waals surface area contributed by atoms with Crippen molar-refractivity contribution in [1.82, 2.24) is 0 Å². The smallest absolute Gasteiger partial charge is 0.306 e. The maximum Gasteiger partial charge on any atom is 0.306 e. The maximum absolute atomic E-state index is 11.9. The molecular weight excluding hydrogens is 324 g/mol. The fourth-order valence-corrected chi connectivity index (χ4v) is 3.07. The van der Waals surface area contributed by atoms with Crippen molar-refractivity contribution >= 4 is 5.97 Å². The SMILES string of the molecule is CCCCCCCCCCCCCCCC(=O)OC(CC)COC(C)C. The Hall–Kier alpha value is -0.570. The zero-order chi connectivity index (χ0) is 19.5. The fraction of sp³-hybridized carbons (Fsp3) is 0.957. The van der Waals surface area contributed by atoms with Crippen LogP contribution >= 0.6 is 0 Å². The average Bonchev–Trinajstić information content (AvgIpc) is 2.62.